The lowest BCUT2D eigenvalue weighted by Crippen LogP contribution is -2.28. The Hall–Kier alpha value is -2.21. The molecular weight excluding hydrogens is 344 g/mol. The number of benzene rings is 1. The summed E-state index contributed by atoms with van der Waals surface area (Å²) in [5.41, 5.74) is 2.20. The van der Waals surface area contributed by atoms with E-state index in [-0.39, 0.29) is 5.91 Å². The van der Waals surface area contributed by atoms with E-state index in [2.05, 4.69) is 32.8 Å². The minimum absolute atomic E-state index is 0.0900. The van der Waals surface area contributed by atoms with Crippen molar-refractivity contribution in [1.29, 1.82) is 0 Å². The van der Waals surface area contributed by atoms with Crippen LogP contribution in [-0.4, -0.2) is 27.0 Å². The van der Waals surface area contributed by atoms with E-state index in [4.69, 9.17) is 0 Å². The van der Waals surface area contributed by atoms with Gasteiger partial charge in [-0.05, 0) is 31.9 Å². The van der Waals surface area contributed by atoms with Crippen LogP contribution in [0.5, 0.6) is 0 Å². The number of fused-ring (bicyclic) bond motifs is 1. The van der Waals surface area contributed by atoms with E-state index < -0.39 is 0 Å². The highest BCUT2D eigenvalue weighted by Gasteiger charge is 2.24. The molecule has 6 heteroatoms. The average Bonchev–Trinajstić information content (AvgIpc) is 3.16. The maximum Gasteiger partial charge on any atom is 0.220 e. The predicted molar refractivity (Wildman–Crippen MR) is 105 cm³/mol. The van der Waals surface area contributed by atoms with Gasteiger partial charge in [-0.3, -0.25) is 4.79 Å². The second-order valence-corrected chi connectivity index (χ2v) is 8.08. The van der Waals surface area contributed by atoms with Crippen molar-refractivity contribution >= 4 is 27.5 Å². The molecular formula is C20H24N4OS. The lowest BCUT2D eigenvalue weighted by Gasteiger charge is -2.26. The largest absolute Gasteiger partial charge is 0.354 e. The number of para-hydroxylation sites is 1. The van der Waals surface area contributed by atoms with E-state index in [0.29, 0.717) is 25.3 Å². The molecule has 0 unspecified atom stereocenters. The van der Waals surface area contributed by atoms with Crippen LogP contribution in [0.3, 0.4) is 0 Å². The van der Waals surface area contributed by atoms with Crippen LogP contribution < -0.4 is 5.32 Å². The SMILES string of the molecule is Cc1cnc(C2CCC2)n1CCNC(=O)CCc1nc2ccccc2s1. The number of hydrogen-bond donors (Lipinski definition) is 1. The number of nitrogens with one attached hydrogen (secondary N) is 1. The smallest absolute Gasteiger partial charge is 0.220 e. The Kier molecular flexibility index (Phi) is 5.02. The summed E-state index contributed by atoms with van der Waals surface area (Å²) in [5.74, 6) is 1.89. The van der Waals surface area contributed by atoms with Crippen molar-refractivity contribution in [1.82, 2.24) is 19.9 Å². The first-order chi connectivity index (χ1) is 12.7. The van der Waals surface area contributed by atoms with E-state index in [0.717, 1.165) is 17.1 Å². The third-order valence-corrected chi connectivity index (χ3v) is 6.21. The molecule has 1 amide bonds. The molecule has 0 spiro atoms. The molecule has 2 aromatic heterocycles. The number of carbonyl (C=O) groups is 1. The standard InChI is InChI=1S/C20H24N4OS/c1-14-13-22-20(15-5-4-6-15)24(14)12-11-21-18(25)9-10-19-23-16-7-2-3-8-17(16)26-19/h2-3,7-8,13,15H,4-6,9-12H2,1H3,(H,21,25). The minimum Gasteiger partial charge on any atom is -0.354 e. The lowest BCUT2D eigenvalue weighted by molar-refractivity contribution is -0.121. The fraction of sp³-hybridized carbons (Fsp3) is 0.450. The molecule has 4 rings (SSSR count). The topological polar surface area (TPSA) is 59.8 Å². The molecule has 2 heterocycles. The van der Waals surface area contributed by atoms with E-state index in [1.165, 1.54) is 35.5 Å². The first-order valence-corrected chi connectivity index (χ1v) is 10.2. The molecule has 0 bridgehead atoms. The number of amides is 1. The van der Waals surface area contributed by atoms with Gasteiger partial charge in [0.2, 0.25) is 5.91 Å². The van der Waals surface area contributed by atoms with Crippen LogP contribution in [0, 0.1) is 6.92 Å². The molecule has 26 heavy (non-hydrogen) atoms. The third kappa shape index (κ3) is 3.65. The zero-order chi connectivity index (χ0) is 17.9. The Morgan fingerprint density at radius 3 is 2.96 bits per heavy atom. The molecule has 1 fully saturated rings. The molecule has 1 N–H and O–H groups in total. The number of thiazole rings is 1. The van der Waals surface area contributed by atoms with Crippen LogP contribution in [0.15, 0.2) is 30.5 Å². The van der Waals surface area contributed by atoms with Gasteiger partial charge >= 0.3 is 0 Å². The van der Waals surface area contributed by atoms with Crippen molar-refractivity contribution < 1.29 is 4.79 Å². The summed E-state index contributed by atoms with van der Waals surface area (Å²) in [4.78, 5) is 21.3. The first-order valence-electron chi connectivity index (χ1n) is 9.34. The number of hydrogen-bond acceptors (Lipinski definition) is 4. The molecule has 0 saturated heterocycles. The van der Waals surface area contributed by atoms with Gasteiger partial charge in [0.1, 0.15) is 5.82 Å². The zero-order valence-electron chi connectivity index (χ0n) is 15.1. The summed E-state index contributed by atoms with van der Waals surface area (Å²) in [6.07, 6.45) is 6.92. The van der Waals surface area contributed by atoms with Crippen LogP contribution in [0.1, 0.15) is 48.1 Å². The maximum absolute atomic E-state index is 12.2. The van der Waals surface area contributed by atoms with Gasteiger partial charge in [-0.2, -0.15) is 0 Å². The second-order valence-electron chi connectivity index (χ2n) is 6.96. The van der Waals surface area contributed by atoms with Gasteiger partial charge in [0.05, 0.1) is 15.2 Å². The Balaban J connectivity index is 1.26. The predicted octanol–water partition coefficient (Wildman–Crippen LogP) is 3.82. The molecule has 5 nitrogen and oxygen atoms in total. The third-order valence-electron chi connectivity index (χ3n) is 5.12. The Morgan fingerprint density at radius 2 is 2.19 bits per heavy atom. The van der Waals surface area contributed by atoms with E-state index in [1.807, 2.05) is 24.4 Å². The number of aromatic nitrogens is 3. The normalized spacial score (nSPS) is 14.5. The molecule has 0 atom stereocenters. The van der Waals surface area contributed by atoms with Crippen LogP contribution in [-0.2, 0) is 17.8 Å². The maximum atomic E-state index is 12.2. The Labute approximate surface area is 157 Å². The van der Waals surface area contributed by atoms with Crippen molar-refractivity contribution in [2.24, 2.45) is 0 Å². The first kappa shape index (κ1) is 17.2. The second kappa shape index (κ2) is 7.58. The van der Waals surface area contributed by atoms with Crippen molar-refractivity contribution in [2.45, 2.75) is 51.5 Å². The van der Waals surface area contributed by atoms with Gasteiger partial charge in [0, 0.05) is 43.7 Å². The number of aryl methyl sites for hydroxylation is 2. The number of nitrogens with zero attached hydrogens (tertiary/aromatic N) is 3. The van der Waals surface area contributed by atoms with Crippen LogP contribution in [0.2, 0.25) is 0 Å². The molecule has 1 aliphatic carbocycles. The van der Waals surface area contributed by atoms with E-state index >= 15 is 0 Å². The monoisotopic (exact) mass is 368 g/mol. The molecule has 0 radical (unpaired) electrons. The van der Waals surface area contributed by atoms with Crippen molar-refractivity contribution in [2.75, 3.05) is 6.54 Å². The number of imidazole rings is 1. The summed E-state index contributed by atoms with van der Waals surface area (Å²) in [6.45, 7) is 3.53. The van der Waals surface area contributed by atoms with E-state index in [9.17, 15) is 4.79 Å². The van der Waals surface area contributed by atoms with Gasteiger partial charge in [-0.25, -0.2) is 9.97 Å². The summed E-state index contributed by atoms with van der Waals surface area (Å²) >= 11 is 1.67. The highest BCUT2D eigenvalue weighted by atomic mass is 32.1. The minimum atomic E-state index is 0.0900. The van der Waals surface area contributed by atoms with Gasteiger partial charge in [0.25, 0.3) is 0 Å². The molecule has 3 aromatic rings. The lowest BCUT2D eigenvalue weighted by atomic mass is 9.85. The summed E-state index contributed by atoms with van der Waals surface area (Å²) < 4.78 is 3.44. The quantitative estimate of drug-likeness (QED) is 0.690. The number of carbonyl (C=O) groups excluding carboxylic acids is 1. The van der Waals surface area contributed by atoms with Crippen molar-refractivity contribution in [3.8, 4) is 0 Å². The average molecular weight is 369 g/mol. The van der Waals surface area contributed by atoms with Gasteiger partial charge in [-0.1, -0.05) is 18.6 Å². The molecule has 0 aliphatic heterocycles. The van der Waals surface area contributed by atoms with Crippen LogP contribution >= 0.6 is 11.3 Å². The van der Waals surface area contributed by atoms with E-state index in [1.54, 1.807) is 11.3 Å². The fourth-order valence-electron chi connectivity index (χ4n) is 3.41. The van der Waals surface area contributed by atoms with Crippen molar-refractivity contribution in [3.05, 3.63) is 47.0 Å². The van der Waals surface area contributed by atoms with Crippen LogP contribution in [0.25, 0.3) is 10.2 Å². The highest BCUT2D eigenvalue weighted by Crippen LogP contribution is 2.35. The van der Waals surface area contributed by atoms with Gasteiger partial charge < -0.3 is 9.88 Å². The van der Waals surface area contributed by atoms with Gasteiger partial charge in [-0.15, -0.1) is 11.3 Å². The molecule has 136 valence electrons. The fourth-order valence-corrected chi connectivity index (χ4v) is 4.37. The van der Waals surface area contributed by atoms with Gasteiger partial charge in [0.15, 0.2) is 0 Å². The summed E-state index contributed by atoms with van der Waals surface area (Å²) in [6, 6.07) is 8.10. The van der Waals surface area contributed by atoms with Crippen molar-refractivity contribution in [3.63, 3.8) is 0 Å². The zero-order valence-corrected chi connectivity index (χ0v) is 15.9. The highest BCUT2D eigenvalue weighted by molar-refractivity contribution is 7.18. The Bertz CT molecular complexity index is 877. The summed E-state index contributed by atoms with van der Waals surface area (Å²) in [7, 11) is 0. The number of rotatable bonds is 7. The Morgan fingerprint density at radius 1 is 1.35 bits per heavy atom. The molecule has 1 aromatic carbocycles. The van der Waals surface area contributed by atoms with Crippen LogP contribution in [0.4, 0.5) is 0 Å². The summed E-state index contributed by atoms with van der Waals surface area (Å²) in [5, 5.41) is 4.07. The molecule has 1 aliphatic rings. The molecule has 1 saturated carbocycles.